The van der Waals surface area contributed by atoms with Crippen LogP contribution in [0.15, 0.2) is 18.2 Å². The molecule has 0 spiro atoms. The molecule has 4 heteroatoms. The first-order valence-corrected chi connectivity index (χ1v) is 7.84. The van der Waals surface area contributed by atoms with Gasteiger partial charge in [0.25, 0.3) is 5.91 Å². The predicted octanol–water partition coefficient (Wildman–Crippen LogP) is 3.63. The van der Waals surface area contributed by atoms with Crippen molar-refractivity contribution in [3.8, 4) is 5.75 Å². The van der Waals surface area contributed by atoms with Gasteiger partial charge in [-0.3, -0.25) is 4.79 Å². The highest BCUT2D eigenvalue weighted by atomic mass is 79.9. The van der Waals surface area contributed by atoms with Gasteiger partial charge in [-0.1, -0.05) is 40.9 Å². The number of phenolic OH excluding ortho intramolecular Hbond substituents is 1. The van der Waals surface area contributed by atoms with Gasteiger partial charge < -0.3 is 10.4 Å². The Morgan fingerprint density at radius 3 is 2.79 bits per heavy atom. The number of carbonyl (C=O) groups excluding carboxylic acids is 1. The molecule has 1 atom stereocenters. The summed E-state index contributed by atoms with van der Waals surface area (Å²) in [7, 11) is 0. The summed E-state index contributed by atoms with van der Waals surface area (Å²) < 4.78 is 0. The molecule has 0 radical (unpaired) electrons. The van der Waals surface area contributed by atoms with Crippen molar-refractivity contribution < 1.29 is 9.90 Å². The first-order valence-electron chi connectivity index (χ1n) is 6.72. The summed E-state index contributed by atoms with van der Waals surface area (Å²) in [5.41, 5.74) is 1.32. The molecule has 0 aliphatic carbocycles. The predicted molar refractivity (Wildman–Crippen MR) is 82.0 cm³/mol. The molecule has 1 aromatic rings. The molecule has 2 N–H and O–H groups in total. The third kappa shape index (κ3) is 5.23. The van der Waals surface area contributed by atoms with E-state index in [1.807, 2.05) is 6.92 Å². The molecule has 1 unspecified atom stereocenters. The van der Waals surface area contributed by atoms with Gasteiger partial charge in [0, 0.05) is 11.9 Å². The highest BCUT2D eigenvalue weighted by Gasteiger charge is 2.13. The first kappa shape index (κ1) is 16.0. The van der Waals surface area contributed by atoms with Crippen LogP contribution in [0.1, 0.15) is 42.1 Å². The van der Waals surface area contributed by atoms with E-state index in [2.05, 4.69) is 28.2 Å². The SMILES string of the molecule is CCCC(CCBr)CNC(=O)c1cc(C)ccc1O. The van der Waals surface area contributed by atoms with Crippen molar-refractivity contribution in [2.45, 2.75) is 33.1 Å². The van der Waals surface area contributed by atoms with Crippen LogP contribution >= 0.6 is 15.9 Å². The molecule has 0 saturated carbocycles. The van der Waals surface area contributed by atoms with E-state index >= 15 is 0 Å². The van der Waals surface area contributed by atoms with Gasteiger partial charge in [0.2, 0.25) is 0 Å². The Hall–Kier alpha value is -1.03. The highest BCUT2D eigenvalue weighted by molar-refractivity contribution is 9.09. The van der Waals surface area contributed by atoms with Crippen LogP contribution in [0.3, 0.4) is 0 Å². The minimum absolute atomic E-state index is 0.0376. The van der Waals surface area contributed by atoms with E-state index in [0.717, 1.165) is 30.2 Å². The number of halogens is 1. The third-order valence-corrected chi connectivity index (χ3v) is 3.62. The molecule has 0 aliphatic rings. The van der Waals surface area contributed by atoms with Gasteiger partial charge in [-0.25, -0.2) is 0 Å². The van der Waals surface area contributed by atoms with Gasteiger partial charge in [0.15, 0.2) is 0 Å². The number of aryl methyl sites for hydroxylation is 1. The molecule has 1 rings (SSSR count). The lowest BCUT2D eigenvalue weighted by atomic mass is 10.0. The summed E-state index contributed by atoms with van der Waals surface area (Å²) in [5, 5.41) is 13.6. The minimum Gasteiger partial charge on any atom is -0.507 e. The molecule has 1 amide bonds. The molecule has 0 aliphatic heterocycles. The van der Waals surface area contributed by atoms with Crippen LogP contribution < -0.4 is 5.32 Å². The van der Waals surface area contributed by atoms with E-state index in [4.69, 9.17) is 0 Å². The van der Waals surface area contributed by atoms with Crippen LogP contribution in [0.25, 0.3) is 0 Å². The van der Waals surface area contributed by atoms with Crippen molar-refractivity contribution >= 4 is 21.8 Å². The fourth-order valence-corrected chi connectivity index (χ4v) is 2.72. The number of aromatic hydroxyl groups is 1. The lowest BCUT2D eigenvalue weighted by Gasteiger charge is -2.16. The molecule has 0 saturated heterocycles. The quantitative estimate of drug-likeness (QED) is 0.751. The monoisotopic (exact) mass is 327 g/mol. The molecule has 106 valence electrons. The zero-order chi connectivity index (χ0) is 14.3. The van der Waals surface area contributed by atoms with Crippen molar-refractivity contribution in [1.82, 2.24) is 5.32 Å². The van der Waals surface area contributed by atoms with Crippen molar-refractivity contribution in [1.29, 1.82) is 0 Å². The van der Waals surface area contributed by atoms with Gasteiger partial charge >= 0.3 is 0 Å². The second-order valence-electron chi connectivity index (χ2n) is 4.86. The van der Waals surface area contributed by atoms with E-state index in [9.17, 15) is 9.90 Å². The minimum atomic E-state index is -0.197. The van der Waals surface area contributed by atoms with Gasteiger partial charge in [-0.2, -0.15) is 0 Å². The van der Waals surface area contributed by atoms with Gasteiger partial charge in [0.05, 0.1) is 5.56 Å². The smallest absolute Gasteiger partial charge is 0.255 e. The largest absolute Gasteiger partial charge is 0.507 e. The Morgan fingerprint density at radius 2 is 2.16 bits per heavy atom. The third-order valence-electron chi connectivity index (χ3n) is 3.16. The fraction of sp³-hybridized carbons (Fsp3) is 0.533. The van der Waals surface area contributed by atoms with Crippen LogP contribution in [-0.4, -0.2) is 22.9 Å². The van der Waals surface area contributed by atoms with Crippen molar-refractivity contribution in [2.75, 3.05) is 11.9 Å². The fourth-order valence-electron chi connectivity index (χ4n) is 2.08. The van der Waals surface area contributed by atoms with Crippen LogP contribution in [0, 0.1) is 12.8 Å². The van der Waals surface area contributed by atoms with Crippen LogP contribution in [0.4, 0.5) is 0 Å². The normalized spacial score (nSPS) is 12.2. The topological polar surface area (TPSA) is 49.3 Å². The van der Waals surface area contributed by atoms with E-state index < -0.39 is 0 Å². The standard InChI is InChI=1S/C15H22BrNO2/c1-3-4-12(7-8-16)10-17-15(19)13-9-11(2)5-6-14(13)18/h5-6,9,12,18H,3-4,7-8,10H2,1-2H3,(H,17,19). The zero-order valence-electron chi connectivity index (χ0n) is 11.6. The van der Waals surface area contributed by atoms with Gasteiger partial charge in [-0.05, 0) is 37.8 Å². The van der Waals surface area contributed by atoms with E-state index in [-0.39, 0.29) is 11.7 Å². The lowest BCUT2D eigenvalue weighted by molar-refractivity contribution is 0.0943. The van der Waals surface area contributed by atoms with E-state index in [1.54, 1.807) is 18.2 Å². The summed E-state index contributed by atoms with van der Waals surface area (Å²) in [4.78, 5) is 12.0. The maximum atomic E-state index is 12.0. The van der Waals surface area contributed by atoms with Crippen molar-refractivity contribution in [3.63, 3.8) is 0 Å². The molecule has 3 nitrogen and oxygen atoms in total. The van der Waals surface area contributed by atoms with Crippen LogP contribution in [0.2, 0.25) is 0 Å². The maximum Gasteiger partial charge on any atom is 0.255 e. The zero-order valence-corrected chi connectivity index (χ0v) is 13.2. The Balaban J connectivity index is 2.61. The Bertz CT molecular complexity index is 415. The van der Waals surface area contributed by atoms with E-state index in [1.165, 1.54) is 0 Å². The van der Waals surface area contributed by atoms with Crippen LogP contribution in [-0.2, 0) is 0 Å². The van der Waals surface area contributed by atoms with E-state index in [0.29, 0.717) is 18.0 Å². The summed E-state index contributed by atoms with van der Waals surface area (Å²) >= 11 is 3.44. The molecular formula is C15H22BrNO2. The number of benzene rings is 1. The van der Waals surface area contributed by atoms with Gasteiger partial charge in [-0.15, -0.1) is 0 Å². The Labute approximate surface area is 123 Å². The Kier molecular flexibility index (Phi) is 6.92. The van der Waals surface area contributed by atoms with Crippen LogP contribution in [0.5, 0.6) is 5.75 Å². The average Bonchev–Trinajstić information content (AvgIpc) is 2.39. The summed E-state index contributed by atoms with van der Waals surface area (Å²) in [6, 6.07) is 5.06. The molecular weight excluding hydrogens is 306 g/mol. The Morgan fingerprint density at radius 1 is 1.42 bits per heavy atom. The molecule has 0 heterocycles. The number of rotatable bonds is 7. The second kappa shape index (κ2) is 8.20. The number of amides is 1. The summed E-state index contributed by atoms with van der Waals surface area (Å²) in [6.07, 6.45) is 3.27. The number of carbonyl (C=O) groups is 1. The maximum absolute atomic E-state index is 12.0. The molecule has 0 bridgehead atoms. The molecule has 0 fully saturated rings. The number of alkyl halides is 1. The molecule has 1 aromatic carbocycles. The average molecular weight is 328 g/mol. The number of nitrogens with one attached hydrogen (secondary N) is 1. The number of hydrogen-bond acceptors (Lipinski definition) is 2. The highest BCUT2D eigenvalue weighted by Crippen LogP contribution is 2.18. The van der Waals surface area contributed by atoms with Gasteiger partial charge in [0.1, 0.15) is 5.75 Å². The number of phenols is 1. The van der Waals surface area contributed by atoms with Crippen molar-refractivity contribution in [2.24, 2.45) is 5.92 Å². The number of hydrogen-bond donors (Lipinski definition) is 2. The second-order valence-corrected chi connectivity index (χ2v) is 5.66. The molecule has 19 heavy (non-hydrogen) atoms. The summed E-state index contributed by atoms with van der Waals surface area (Å²) in [5.74, 6) is 0.327. The summed E-state index contributed by atoms with van der Waals surface area (Å²) in [6.45, 7) is 4.71. The van der Waals surface area contributed by atoms with Crippen molar-refractivity contribution in [3.05, 3.63) is 29.3 Å². The first-order chi connectivity index (χ1) is 9.08. The lowest BCUT2D eigenvalue weighted by Crippen LogP contribution is -2.29. The molecule has 0 aromatic heterocycles.